The Hall–Kier alpha value is -1.31. The minimum absolute atomic E-state index is 0.325. The first-order valence-electron chi connectivity index (χ1n) is 5.99. The highest BCUT2D eigenvalue weighted by atomic mass is 16.5. The van der Waals surface area contributed by atoms with E-state index in [9.17, 15) is 4.79 Å². The molecule has 2 heteroatoms. The standard InChI is InChI=1S/C14H20O2/c1-3-11-16-14-9-6-12(7-10-14)5-8-13(15)4-2/h6-7,9-10H,3-5,8,11H2,1-2H3. The van der Waals surface area contributed by atoms with Gasteiger partial charge < -0.3 is 4.74 Å². The first-order valence-corrected chi connectivity index (χ1v) is 5.99. The van der Waals surface area contributed by atoms with Crippen LogP contribution in [-0.4, -0.2) is 12.4 Å². The molecule has 1 aromatic carbocycles. The van der Waals surface area contributed by atoms with E-state index in [4.69, 9.17) is 4.74 Å². The third-order valence-corrected chi connectivity index (χ3v) is 2.48. The number of benzene rings is 1. The fourth-order valence-corrected chi connectivity index (χ4v) is 1.43. The largest absolute Gasteiger partial charge is 0.494 e. The summed E-state index contributed by atoms with van der Waals surface area (Å²) < 4.78 is 5.49. The van der Waals surface area contributed by atoms with Crippen LogP contribution in [0.2, 0.25) is 0 Å². The molecule has 0 bridgehead atoms. The predicted octanol–water partition coefficient (Wildman–Crippen LogP) is 3.39. The predicted molar refractivity (Wildman–Crippen MR) is 65.8 cm³/mol. The molecule has 0 spiro atoms. The number of ether oxygens (including phenoxy) is 1. The van der Waals surface area contributed by atoms with Crippen molar-refractivity contribution in [2.24, 2.45) is 0 Å². The molecular formula is C14H20O2. The van der Waals surface area contributed by atoms with Gasteiger partial charge in [-0.25, -0.2) is 0 Å². The van der Waals surface area contributed by atoms with Crippen LogP contribution in [-0.2, 0) is 11.2 Å². The Kier molecular flexibility index (Phi) is 5.62. The van der Waals surface area contributed by atoms with Gasteiger partial charge in [0.05, 0.1) is 6.61 Å². The summed E-state index contributed by atoms with van der Waals surface area (Å²) in [7, 11) is 0. The lowest BCUT2D eigenvalue weighted by molar-refractivity contribution is -0.118. The van der Waals surface area contributed by atoms with Crippen LogP contribution in [0, 0.1) is 0 Å². The summed E-state index contributed by atoms with van der Waals surface area (Å²) in [5, 5.41) is 0. The summed E-state index contributed by atoms with van der Waals surface area (Å²) in [4.78, 5) is 11.2. The van der Waals surface area contributed by atoms with Crippen molar-refractivity contribution in [1.29, 1.82) is 0 Å². The Labute approximate surface area is 97.6 Å². The maximum Gasteiger partial charge on any atom is 0.132 e. The van der Waals surface area contributed by atoms with Crippen molar-refractivity contribution < 1.29 is 9.53 Å². The summed E-state index contributed by atoms with van der Waals surface area (Å²) in [6.07, 6.45) is 3.14. The van der Waals surface area contributed by atoms with Crippen molar-refractivity contribution >= 4 is 5.78 Å². The summed E-state index contributed by atoms with van der Waals surface area (Å²) in [5.41, 5.74) is 1.20. The van der Waals surface area contributed by atoms with Gasteiger partial charge in [0.1, 0.15) is 11.5 Å². The summed E-state index contributed by atoms with van der Waals surface area (Å²) >= 11 is 0. The molecule has 0 aliphatic carbocycles. The molecule has 88 valence electrons. The van der Waals surface area contributed by atoms with E-state index in [1.54, 1.807) is 0 Å². The van der Waals surface area contributed by atoms with E-state index in [0.717, 1.165) is 25.2 Å². The highest BCUT2D eigenvalue weighted by Crippen LogP contribution is 2.13. The first-order chi connectivity index (χ1) is 7.76. The molecule has 2 nitrogen and oxygen atoms in total. The van der Waals surface area contributed by atoms with Crippen LogP contribution in [0.3, 0.4) is 0 Å². The zero-order valence-electron chi connectivity index (χ0n) is 10.2. The van der Waals surface area contributed by atoms with E-state index in [-0.39, 0.29) is 0 Å². The van der Waals surface area contributed by atoms with Crippen molar-refractivity contribution in [2.75, 3.05) is 6.61 Å². The quantitative estimate of drug-likeness (QED) is 0.704. The molecule has 0 aliphatic rings. The molecule has 0 heterocycles. The SMILES string of the molecule is CCCOc1ccc(CCC(=O)CC)cc1. The Bertz CT molecular complexity index is 314. The van der Waals surface area contributed by atoms with Gasteiger partial charge in [0, 0.05) is 12.8 Å². The van der Waals surface area contributed by atoms with Gasteiger partial charge in [-0.3, -0.25) is 4.79 Å². The van der Waals surface area contributed by atoms with Crippen LogP contribution >= 0.6 is 0 Å². The number of ketones is 1. The monoisotopic (exact) mass is 220 g/mol. The lowest BCUT2D eigenvalue weighted by Crippen LogP contribution is -1.98. The third-order valence-electron chi connectivity index (χ3n) is 2.48. The normalized spacial score (nSPS) is 10.1. The Balaban J connectivity index is 2.41. The highest BCUT2D eigenvalue weighted by molar-refractivity contribution is 5.78. The molecule has 1 rings (SSSR count). The highest BCUT2D eigenvalue weighted by Gasteiger charge is 2.00. The van der Waals surface area contributed by atoms with E-state index in [0.29, 0.717) is 18.6 Å². The molecule has 16 heavy (non-hydrogen) atoms. The van der Waals surface area contributed by atoms with E-state index < -0.39 is 0 Å². The molecule has 0 radical (unpaired) electrons. The molecule has 0 fully saturated rings. The maximum absolute atomic E-state index is 11.2. The second-order valence-electron chi connectivity index (χ2n) is 3.88. The molecule has 0 saturated carbocycles. The average Bonchev–Trinajstić information content (AvgIpc) is 2.34. The van der Waals surface area contributed by atoms with E-state index in [1.165, 1.54) is 5.56 Å². The van der Waals surface area contributed by atoms with Crippen molar-refractivity contribution in [1.82, 2.24) is 0 Å². The molecule has 0 N–H and O–H groups in total. The van der Waals surface area contributed by atoms with Crippen LogP contribution < -0.4 is 4.74 Å². The number of carbonyl (C=O) groups is 1. The molecule has 0 amide bonds. The van der Waals surface area contributed by atoms with Crippen molar-refractivity contribution in [3.8, 4) is 5.75 Å². The molecule has 0 aliphatic heterocycles. The third kappa shape index (κ3) is 4.47. The molecule has 1 aromatic rings. The minimum Gasteiger partial charge on any atom is -0.494 e. The van der Waals surface area contributed by atoms with Crippen LogP contribution in [0.15, 0.2) is 24.3 Å². The van der Waals surface area contributed by atoms with Crippen LogP contribution in [0.25, 0.3) is 0 Å². The van der Waals surface area contributed by atoms with Crippen LogP contribution in [0.1, 0.15) is 38.7 Å². The van der Waals surface area contributed by atoms with E-state index in [1.807, 2.05) is 31.2 Å². The number of aryl methyl sites for hydroxylation is 1. The lowest BCUT2D eigenvalue weighted by atomic mass is 10.1. The summed E-state index contributed by atoms with van der Waals surface area (Å²) in [6.45, 7) is 4.75. The topological polar surface area (TPSA) is 26.3 Å². The van der Waals surface area contributed by atoms with Crippen molar-refractivity contribution in [2.45, 2.75) is 39.5 Å². The second-order valence-corrected chi connectivity index (χ2v) is 3.88. The van der Waals surface area contributed by atoms with Gasteiger partial charge in [0.25, 0.3) is 0 Å². The van der Waals surface area contributed by atoms with E-state index >= 15 is 0 Å². The van der Waals surface area contributed by atoms with Gasteiger partial charge >= 0.3 is 0 Å². The smallest absolute Gasteiger partial charge is 0.132 e. The fraction of sp³-hybridized carbons (Fsp3) is 0.500. The molecule has 0 aromatic heterocycles. The van der Waals surface area contributed by atoms with Gasteiger partial charge in [-0.15, -0.1) is 0 Å². The summed E-state index contributed by atoms with van der Waals surface area (Å²) in [6, 6.07) is 8.02. The average molecular weight is 220 g/mol. The fourth-order valence-electron chi connectivity index (χ4n) is 1.43. The molecule has 0 atom stereocenters. The van der Waals surface area contributed by atoms with Gasteiger partial charge in [-0.2, -0.15) is 0 Å². The number of carbonyl (C=O) groups excluding carboxylic acids is 1. The zero-order chi connectivity index (χ0) is 11.8. The van der Waals surface area contributed by atoms with E-state index in [2.05, 4.69) is 6.92 Å². The van der Waals surface area contributed by atoms with Crippen molar-refractivity contribution in [3.05, 3.63) is 29.8 Å². The van der Waals surface area contributed by atoms with Crippen LogP contribution in [0.4, 0.5) is 0 Å². The Morgan fingerprint density at radius 2 is 1.88 bits per heavy atom. The number of hydrogen-bond donors (Lipinski definition) is 0. The van der Waals surface area contributed by atoms with Gasteiger partial charge in [-0.05, 0) is 30.5 Å². The van der Waals surface area contributed by atoms with Crippen molar-refractivity contribution in [3.63, 3.8) is 0 Å². The number of rotatable bonds is 7. The van der Waals surface area contributed by atoms with Crippen LogP contribution in [0.5, 0.6) is 5.75 Å². The zero-order valence-corrected chi connectivity index (χ0v) is 10.2. The first kappa shape index (κ1) is 12.8. The van der Waals surface area contributed by atoms with Gasteiger partial charge in [0.2, 0.25) is 0 Å². The van der Waals surface area contributed by atoms with Gasteiger partial charge in [-0.1, -0.05) is 26.0 Å². The lowest BCUT2D eigenvalue weighted by Gasteiger charge is -2.05. The Morgan fingerprint density at radius 1 is 1.19 bits per heavy atom. The second kappa shape index (κ2) is 7.04. The summed E-state index contributed by atoms with van der Waals surface area (Å²) in [5.74, 6) is 1.23. The number of Topliss-reactive ketones (excluding diaryl/α,β-unsaturated/α-hetero) is 1. The maximum atomic E-state index is 11.2. The number of hydrogen-bond acceptors (Lipinski definition) is 2. The molecule has 0 saturated heterocycles. The molecular weight excluding hydrogens is 200 g/mol. The molecule has 0 unspecified atom stereocenters. The van der Waals surface area contributed by atoms with Gasteiger partial charge in [0.15, 0.2) is 0 Å². The minimum atomic E-state index is 0.325. The Morgan fingerprint density at radius 3 is 2.44 bits per heavy atom.